The second-order valence-electron chi connectivity index (χ2n) is 4.98. The SMILES string of the molecule is CCCNc1c(F)cccc1C(=O)N(C)C(CC)CC. The highest BCUT2D eigenvalue weighted by molar-refractivity contribution is 5.99. The first-order valence-corrected chi connectivity index (χ1v) is 7.36. The van der Waals surface area contributed by atoms with E-state index in [1.165, 1.54) is 6.07 Å². The maximum atomic E-state index is 13.9. The lowest BCUT2D eigenvalue weighted by molar-refractivity contribution is 0.0724. The van der Waals surface area contributed by atoms with Gasteiger partial charge in [-0.05, 0) is 31.4 Å². The van der Waals surface area contributed by atoms with Gasteiger partial charge in [-0.25, -0.2) is 4.39 Å². The summed E-state index contributed by atoms with van der Waals surface area (Å²) in [6.45, 7) is 6.76. The standard InChI is InChI=1S/C16H25FN2O/c1-5-11-18-15-13(9-8-10-14(15)17)16(20)19(4)12(6-2)7-3/h8-10,12,18H,5-7,11H2,1-4H3. The first-order valence-electron chi connectivity index (χ1n) is 7.36. The van der Waals surface area contributed by atoms with Gasteiger partial charge in [0.2, 0.25) is 0 Å². The van der Waals surface area contributed by atoms with E-state index >= 15 is 0 Å². The smallest absolute Gasteiger partial charge is 0.256 e. The van der Waals surface area contributed by atoms with Crippen LogP contribution < -0.4 is 5.32 Å². The molecule has 0 radical (unpaired) electrons. The van der Waals surface area contributed by atoms with Crippen molar-refractivity contribution in [3.63, 3.8) is 0 Å². The lowest BCUT2D eigenvalue weighted by atomic mass is 10.1. The second kappa shape index (κ2) is 7.88. The summed E-state index contributed by atoms with van der Waals surface area (Å²) in [4.78, 5) is 14.3. The molecule has 1 aromatic carbocycles. The van der Waals surface area contributed by atoms with Gasteiger partial charge in [-0.1, -0.05) is 26.8 Å². The summed E-state index contributed by atoms with van der Waals surface area (Å²) in [6.07, 6.45) is 2.67. The van der Waals surface area contributed by atoms with E-state index in [1.807, 2.05) is 6.92 Å². The molecule has 1 aromatic rings. The number of benzene rings is 1. The van der Waals surface area contributed by atoms with Crippen LogP contribution in [-0.2, 0) is 0 Å². The van der Waals surface area contributed by atoms with Crippen molar-refractivity contribution in [1.82, 2.24) is 4.90 Å². The minimum Gasteiger partial charge on any atom is -0.382 e. The van der Waals surface area contributed by atoms with Crippen molar-refractivity contribution in [3.05, 3.63) is 29.6 Å². The third-order valence-corrected chi connectivity index (χ3v) is 3.61. The first-order chi connectivity index (χ1) is 9.56. The Morgan fingerprint density at radius 1 is 1.30 bits per heavy atom. The molecular weight excluding hydrogens is 255 g/mol. The highest BCUT2D eigenvalue weighted by Crippen LogP contribution is 2.22. The van der Waals surface area contributed by atoms with Crippen molar-refractivity contribution >= 4 is 11.6 Å². The Labute approximate surface area is 121 Å². The predicted octanol–water partition coefficient (Wildman–Crippen LogP) is 3.91. The molecule has 0 saturated carbocycles. The van der Waals surface area contributed by atoms with Crippen LogP contribution in [-0.4, -0.2) is 30.4 Å². The number of nitrogens with one attached hydrogen (secondary N) is 1. The average molecular weight is 280 g/mol. The van der Waals surface area contributed by atoms with E-state index in [2.05, 4.69) is 19.2 Å². The van der Waals surface area contributed by atoms with Gasteiger partial charge in [0, 0.05) is 19.6 Å². The van der Waals surface area contributed by atoms with Crippen molar-refractivity contribution in [2.24, 2.45) is 0 Å². The zero-order chi connectivity index (χ0) is 15.1. The minimum absolute atomic E-state index is 0.128. The third-order valence-electron chi connectivity index (χ3n) is 3.61. The number of carbonyl (C=O) groups excluding carboxylic acids is 1. The molecule has 0 aliphatic carbocycles. The Hall–Kier alpha value is -1.58. The maximum Gasteiger partial charge on any atom is 0.256 e. The summed E-state index contributed by atoms with van der Waals surface area (Å²) in [5, 5.41) is 3.02. The van der Waals surface area contributed by atoms with Crippen LogP contribution in [0.4, 0.5) is 10.1 Å². The summed E-state index contributed by atoms with van der Waals surface area (Å²) < 4.78 is 13.9. The van der Waals surface area contributed by atoms with Crippen molar-refractivity contribution in [2.45, 2.75) is 46.1 Å². The monoisotopic (exact) mass is 280 g/mol. The van der Waals surface area contributed by atoms with Crippen LogP contribution in [0.5, 0.6) is 0 Å². The number of amides is 1. The van der Waals surface area contributed by atoms with Gasteiger partial charge in [-0.2, -0.15) is 0 Å². The van der Waals surface area contributed by atoms with Crippen LogP contribution in [0.2, 0.25) is 0 Å². The van der Waals surface area contributed by atoms with Crippen LogP contribution in [0.3, 0.4) is 0 Å². The number of hydrogen-bond acceptors (Lipinski definition) is 2. The van der Waals surface area contributed by atoms with Crippen LogP contribution in [0.25, 0.3) is 0 Å². The molecule has 1 amide bonds. The van der Waals surface area contributed by atoms with Gasteiger partial charge in [0.15, 0.2) is 0 Å². The molecule has 20 heavy (non-hydrogen) atoms. The number of carbonyl (C=O) groups is 1. The Bertz CT molecular complexity index is 444. The summed E-state index contributed by atoms with van der Waals surface area (Å²) in [5.41, 5.74) is 0.727. The van der Waals surface area contributed by atoms with Crippen LogP contribution >= 0.6 is 0 Å². The maximum absolute atomic E-state index is 13.9. The third kappa shape index (κ3) is 3.71. The largest absolute Gasteiger partial charge is 0.382 e. The molecule has 0 aliphatic rings. The van der Waals surface area contributed by atoms with Crippen molar-refractivity contribution < 1.29 is 9.18 Å². The quantitative estimate of drug-likeness (QED) is 0.821. The molecule has 0 aromatic heterocycles. The van der Waals surface area contributed by atoms with Crippen molar-refractivity contribution in [3.8, 4) is 0 Å². The van der Waals surface area contributed by atoms with Gasteiger partial charge in [0.05, 0.1) is 11.3 Å². The van der Waals surface area contributed by atoms with Crippen LogP contribution in [0.1, 0.15) is 50.4 Å². The molecule has 1 N–H and O–H groups in total. The van der Waals surface area contributed by atoms with E-state index in [4.69, 9.17) is 0 Å². The molecule has 0 saturated heterocycles. The van der Waals surface area contributed by atoms with Gasteiger partial charge >= 0.3 is 0 Å². The number of para-hydroxylation sites is 1. The van der Waals surface area contributed by atoms with E-state index in [-0.39, 0.29) is 17.8 Å². The molecule has 3 nitrogen and oxygen atoms in total. The van der Waals surface area contributed by atoms with Gasteiger partial charge in [-0.3, -0.25) is 4.79 Å². The number of rotatable bonds is 7. The lowest BCUT2D eigenvalue weighted by Crippen LogP contribution is -2.36. The second-order valence-corrected chi connectivity index (χ2v) is 4.98. The fourth-order valence-electron chi connectivity index (χ4n) is 2.32. The first kappa shape index (κ1) is 16.5. The van der Waals surface area contributed by atoms with Gasteiger partial charge in [0.25, 0.3) is 5.91 Å². The van der Waals surface area contributed by atoms with Crippen LogP contribution in [0.15, 0.2) is 18.2 Å². The predicted molar refractivity (Wildman–Crippen MR) is 81.6 cm³/mol. The minimum atomic E-state index is -0.373. The molecular formula is C16H25FN2O. The van der Waals surface area contributed by atoms with E-state index in [0.29, 0.717) is 17.8 Å². The van der Waals surface area contributed by atoms with E-state index < -0.39 is 0 Å². The summed E-state index contributed by atoms with van der Waals surface area (Å²) in [5.74, 6) is -0.501. The zero-order valence-electron chi connectivity index (χ0n) is 12.9. The molecule has 0 aliphatic heterocycles. The van der Waals surface area contributed by atoms with Crippen LogP contribution in [0, 0.1) is 5.82 Å². The molecule has 112 valence electrons. The molecule has 4 heteroatoms. The van der Waals surface area contributed by atoms with E-state index in [9.17, 15) is 9.18 Å². The average Bonchev–Trinajstić information content (AvgIpc) is 2.46. The summed E-state index contributed by atoms with van der Waals surface area (Å²) in [6, 6.07) is 4.83. The normalized spacial score (nSPS) is 10.7. The van der Waals surface area contributed by atoms with E-state index in [1.54, 1.807) is 24.1 Å². The lowest BCUT2D eigenvalue weighted by Gasteiger charge is -2.27. The Kier molecular flexibility index (Phi) is 6.49. The topological polar surface area (TPSA) is 32.3 Å². The molecule has 0 spiro atoms. The molecule has 0 fully saturated rings. The highest BCUT2D eigenvalue weighted by atomic mass is 19.1. The van der Waals surface area contributed by atoms with Crippen molar-refractivity contribution in [1.29, 1.82) is 0 Å². The highest BCUT2D eigenvalue weighted by Gasteiger charge is 2.22. The van der Waals surface area contributed by atoms with Gasteiger partial charge in [-0.15, -0.1) is 0 Å². The molecule has 0 atom stereocenters. The summed E-state index contributed by atoms with van der Waals surface area (Å²) >= 11 is 0. The van der Waals surface area contributed by atoms with Gasteiger partial charge < -0.3 is 10.2 Å². The number of nitrogens with zero attached hydrogens (tertiary/aromatic N) is 1. The Morgan fingerprint density at radius 3 is 2.50 bits per heavy atom. The number of hydrogen-bond donors (Lipinski definition) is 1. The van der Waals surface area contributed by atoms with E-state index in [0.717, 1.165) is 19.3 Å². The number of halogens is 1. The molecule has 0 unspecified atom stereocenters. The Balaban J connectivity index is 3.05. The zero-order valence-corrected chi connectivity index (χ0v) is 12.9. The summed E-state index contributed by atoms with van der Waals surface area (Å²) in [7, 11) is 1.79. The Morgan fingerprint density at radius 2 is 1.95 bits per heavy atom. The molecule has 0 heterocycles. The molecule has 0 bridgehead atoms. The molecule has 1 rings (SSSR count). The fraction of sp³-hybridized carbons (Fsp3) is 0.562. The van der Waals surface area contributed by atoms with Gasteiger partial charge in [0.1, 0.15) is 5.82 Å². The van der Waals surface area contributed by atoms with Crippen molar-refractivity contribution in [2.75, 3.05) is 18.9 Å². The fourth-order valence-corrected chi connectivity index (χ4v) is 2.32. The number of anilines is 1.